The number of halogens is 1. The molecule has 8 heteroatoms. The van der Waals surface area contributed by atoms with Gasteiger partial charge in [0, 0.05) is 22.6 Å². The van der Waals surface area contributed by atoms with Crippen molar-refractivity contribution in [2.24, 2.45) is 11.8 Å². The van der Waals surface area contributed by atoms with Crippen molar-refractivity contribution in [3.8, 4) is 5.69 Å². The summed E-state index contributed by atoms with van der Waals surface area (Å²) in [7, 11) is 0. The molecule has 1 aromatic heterocycles. The van der Waals surface area contributed by atoms with E-state index in [9.17, 15) is 23.6 Å². The summed E-state index contributed by atoms with van der Waals surface area (Å²) in [5.74, 6) is -2.85. The first-order valence-corrected chi connectivity index (χ1v) is 11.2. The number of aromatic nitrogens is 1. The maximum Gasteiger partial charge on any atom is 0.326 e. The minimum atomic E-state index is -0.793. The zero-order valence-electron chi connectivity index (χ0n) is 19.0. The highest BCUT2D eigenvalue weighted by Gasteiger charge is 2.48. The molecule has 2 aromatic rings. The number of Topliss-reactive ketones (excluding diaryl/α,β-unsaturated/α-hetero) is 1. The van der Waals surface area contributed by atoms with E-state index in [0.717, 1.165) is 23.4 Å². The number of benzene rings is 1. The van der Waals surface area contributed by atoms with Crippen LogP contribution in [0.15, 0.2) is 24.3 Å². The number of hydrogen-bond acceptors (Lipinski definition) is 5. The van der Waals surface area contributed by atoms with E-state index in [1.807, 2.05) is 0 Å². The quantitative estimate of drug-likeness (QED) is 0.379. The van der Waals surface area contributed by atoms with Crippen LogP contribution in [0.25, 0.3) is 5.69 Å². The number of amides is 2. The van der Waals surface area contributed by atoms with Crippen LogP contribution in [0.2, 0.25) is 0 Å². The van der Waals surface area contributed by atoms with Gasteiger partial charge in [-0.15, -0.1) is 0 Å². The van der Waals surface area contributed by atoms with Crippen LogP contribution in [0.5, 0.6) is 0 Å². The molecule has 33 heavy (non-hydrogen) atoms. The van der Waals surface area contributed by atoms with Crippen molar-refractivity contribution in [3.05, 3.63) is 52.6 Å². The van der Waals surface area contributed by atoms with E-state index in [1.54, 1.807) is 43.5 Å². The lowest BCUT2D eigenvalue weighted by Gasteiger charge is -2.19. The second kappa shape index (κ2) is 8.92. The maximum absolute atomic E-state index is 14.0. The summed E-state index contributed by atoms with van der Waals surface area (Å²) >= 11 is 0. The number of imide groups is 1. The Kier molecular flexibility index (Phi) is 6.19. The van der Waals surface area contributed by atoms with Gasteiger partial charge in [0.05, 0.1) is 11.8 Å². The molecule has 1 aliphatic carbocycles. The first-order valence-electron chi connectivity index (χ1n) is 11.2. The highest BCUT2D eigenvalue weighted by Crippen LogP contribution is 2.37. The lowest BCUT2D eigenvalue weighted by Crippen LogP contribution is -2.37. The van der Waals surface area contributed by atoms with E-state index >= 15 is 0 Å². The fourth-order valence-corrected chi connectivity index (χ4v) is 4.95. The lowest BCUT2D eigenvalue weighted by atomic mass is 9.81. The fourth-order valence-electron chi connectivity index (χ4n) is 4.95. The Hall–Kier alpha value is -3.29. The monoisotopic (exact) mass is 454 g/mol. The molecule has 0 N–H and O–H groups in total. The summed E-state index contributed by atoms with van der Waals surface area (Å²) in [4.78, 5) is 51.1. The number of likely N-dealkylation sites (tertiary alicyclic amines) is 1. The summed E-state index contributed by atoms with van der Waals surface area (Å²) < 4.78 is 20.9. The molecule has 1 saturated heterocycles. The molecule has 2 heterocycles. The van der Waals surface area contributed by atoms with Gasteiger partial charge >= 0.3 is 5.97 Å². The molecule has 1 aromatic carbocycles. The number of hydrogen-bond donors (Lipinski definition) is 0. The molecule has 7 nitrogen and oxygen atoms in total. The Morgan fingerprint density at radius 1 is 1.03 bits per heavy atom. The molecule has 2 fully saturated rings. The van der Waals surface area contributed by atoms with Gasteiger partial charge in [-0.2, -0.15) is 0 Å². The molecule has 4 rings (SSSR count). The van der Waals surface area contributed by atoms with Crippen LogP contribution in [0, 0.1) is 38.4 Å². The standard InChI is InChI=1S/C25H27FN2O5/c1-14-8-9-17(11-21(14)26)28-15(2)10-20(16(28)3)22(29)13-33-23(30)12-27-24(31)18-6-4-5-7-19(18)25(27)32/h8-11,18-19H,4-7,12-13H2,1-3H3. The second-order valence-corrected chi connectivity index (χ2v) is 8.90. The zero-order valence-corrected chi connectivity index (χ0v) is 19.0. The lowest BCUT2D eigenvalue weighted by molar-refractivity contribution is -0.152. The van der Waals surface area contributed by atoms with Gasteiger partial charge in [0.2, 0.25) is 17.6 Å². The molecular weight excluding hydrogens is 427 g/mol. The molecule has 0 radical (unpaired) electrons. The van der Waals surface area contributed by atoms with Crippen molar-refractivity contribution in [3.63, 3.8) is 0 Å². The molecule has 2 unspecified atom stereocenters. The Labute approximate surface area is 191 Å². The van der Waals surface area contributed by atoms with Gasteiger partial charge in [0.25, 0.3) is 0 Å². The molecule has 0 spiro atoms. The van der Waals surface area contributed by atoms with Gasteiger partial charge in [0.15, 0.2) is 6.61 Å². The van der Waals surface area contributed by atoms with Crippen molar-refractivity contribution in [2.75, 3.05) is 13.2 Å². The third-order valence-corrected chi connectivity index (χ3v) is 6.73. The number of aryl methyl sites for hydroxylation is 2. The van der Waals surface area contributed by atoms with Gasteiger partial charge in [-0.1, -0.05) is 18.9 Å². The van der Waals surface area contributed by atoms with Crippen LogP contribution in [-0.2, 0) is 19.1 Å². The highest BCUT2D eigenvalue weighted by molar-refractivity contribution is 6.07. The minimum absolute atomic E-state index is 0.318. The topological polar surface area (TPSA) is 85.7 Å². The molecule has 174 valence electrons. The normalized spacial score (nSPS) is 20.2. The van der Waals surface area contributed by atoms with E-state index in [0.29, 0.717) is 35.3 Å². The van der Waals surface area contributed by atoms with Crippen LogP contribution in [0.1, 0.15) is 53.0 Å². The third kappa shape index (κ3) is 4.21. The number of carbonyl (C=O) groups is 4. The van der Waals surface area contributed by atoms with Crippen LogP contribution in [0.3, 0.4) is 0 Å². The number of ketones is 1. The van der Waals surface area contributed by atoms with Gasteiger partial charge < -0.3 is 9.30 Å². The minimum Gasteiger partial charge on any atom is -0.456 e. The summed E-state index contributed by atoms with van der Waals surface area (Å²) in [5.41, 5.74) is 2.82. The molecule has 0 bridgehead atoms. The van der Waals surface area contributed by atoms with E-state index < -0.39 is 24.9 Å². The van der Waals surface area contributed by atoms with Gasteiger partial charge in [-0.05, 0) is 57.4 Å². The Bertz CT molecular complexity index is 1130. The highest BCUT2D eigenvalue weighted by atomic mass is 19.1. The van der Waals surface area contributed by atoms with E-state index in [1.165, 1.54) is 6.07 Å². The van der Waals surface area contributed by atoms with Crippen LogP contribution in [0.4, 0.5) is 4.39 Å². The van der Waals surface area contributed by atoms with Crippen molar-refractivity contribution in [2.45, 2.75) is 46.5 Å². The number of esters is 1. The van der Waals surface area contributed by atoms with Crippen molar-refractivity contribution in [1.82, 2.24) is 9.47 Å². The molecule has 1 aliphatic heterocycles. The fraction of sp³-hybridized carbons (Fsp3) is 0.440. The molecule has 2 amide bonds. The summed E-state index contributed by atoms with van der Waals surface area (Å²) in [6, 6.07) is 6.52. The number of carbonyl (C=O) groups excluding carboxylic acids is 4. The van der Waals surface area contributed by atoms with E-state index in [-0.39, 0.29) is 29.5 Å². The predicted octanol–water partition coefficient (Wildman–Crippen LogP) is 3.44. The predicted molar refractivity (Wildman–Crippen MR) is 117 cm³/mol. The average Bonchev–Trinajstić information content (AvgIpc) is 3.22. The Morgan fingerprint density at radius 2 is 1.67 bits per heavy atom. The van der Waals surface area contributed by atoms with Crippen molar-refractivity contribution < 1.29 is 28.3 Å². The van der Waals surface area contributed by atoms with Gasteiger partial charge in [0.1, 0.15) is 12.4 Å². The number of nitrogens with zero attached hydrogens (tertiary/aromatic N) is 2. The SMILES string of the molecule is Cc1ccc(-n2c(C)cc(C(=O)COC(=O)CN3C(=O)C4CCCCC4C3=O)c2C)cc1F. The molecule has 1 saturated carbocycles. The maximum atomic E-state index is 14.0. The number of fused-ring (bicyclic) bond motifs is 1. The van der Waals surface area contributed by atoms with Gasteiger partial charge in [-0.3, -0.25) is 24.1 Å². The van der Waals surface area contributed by atoms with Crippen LogP contribution >= 0.6 is 0 Å². The average molecular weight is 454 g/mol. The third-order valence-electron chi connectivity index (χ3n) is 6.73. The second-order valence-electron chi connectivity index (χ2n) is 8.90. The largest absolute Gasteiger partial charge is 0.456 e. The molecule has 2 atom stereocenters. The van der Waals surface area contributed by atoms with Crippen LogP contribution < -0.4 is 0 Å². The Morgan fingerprint density at radius 3 is 2.27 bits per heavy atom. The number of ether oxygens (including phenoxy) is 1. The first-order chi connectivity index (χ1) is 15.7. The summed E-state index contributed by atoms with van der Waals surface area (Å²) in [6.07, 6.45) is 3.14. The summed E-state index contributed by atoms with van der Waals surface area (Å²) in [5, 5.41) is 0. The van der Waals surface area contributed by atoms with Gasteiger partial charge in [-0.25, -0.2) is 4.39 Å². The first kappa shape index (κ1) is 22.9. The molecular formula is C25H27FN2O5. The zero-order chi connectivity index (χ0) is 23.9. The summed E-state index contributed by atoms with van der Waals surface area (Å²) in [6.45, 7) is 4.24. The smallest absolute Gasteiger partial charge is 0.326 e. The molecule has 2 aliphatic rings. The number of rotatable bonds is 6. The van der Waals surface area contributed by atoms with Crippen LogP contribution in [-0.4, -0.2) is 46.2 Å². The van der Waals surface area contributed by atoms with Crippen molar-refractivity contribution in [1.29, 1.82) is 0 Å². The van der Waals surface area contributed by atoms with E-state index in [2.05, 4.69) is 0 Å². The van der Waals surface area contributed by atoms with E-state index in [4.69, 9.17) is 4.74 Å². The van der Waals surface area contributed by atoms with Crippen molar-refractivity contribution >= 4 is 23.6 Å². The Balaban J connectivity index is 1.41.